The van der Waals surface area contributed by atoms with Gasteiger partial charge in [0.25, 0.3) is 0 Å². The number of carboxylic acid groups (broad SMARTS) is 1. The second-order valence-corrected chi connectivity index (χ2v) is 6.89. The molecule has 7 heteroatoms. The molecule has 0 saturated carbocycles. The van der Waals surface area contributed by atoms with Crippen LogP contribution in [0, 0.1) is 0 Å². The van der Waals surface area contributed by atoms with E-state index in [1.54, 1.807) is 30.3 Å². The fraction of sp³-hybridized carbons (Fsp3) is 0.190. The number of carboxylic acids is 1. The van der Waals surface area contributed by atoms with Gasteiger partial charge in [0.1, 0.15) is 10.8 Å². The minimum atomic E-state index is -1.10. The average molecular weight is 396 g/mol. The molecular weight excluding hydrogens is 376 g/mol. The molecule has 1 aromatic heterocycles. The number of aromatic nitrogens is 1. The van der Waals surface area contributed by atoms with E-state index in [4.69, 9.17) is 4.74 Å². The lowest BCUT2D eigenvalue weighted by Crippen LogP contribution is -2.34. The van der Waals surface area contributed by atoms with Gasteiger partial charge in [0.15, 0.2) is 6.04 Å². The van der Waals surface area contributed by atoms with Gasteiger partial charge in [0, 0.05) is 10.9 Å². The summed E-state index contributed by atoms with van der Waals surface area (Å²) >= 11 is 1.44. The summed E-state index contributed by atoms with van der Waals surface area (Å²) in [6.45, 7) is 2.54. The van der Waals surface area contributed by atoms with Crippen molar-refractivity contribution in [3.63, 3.8) is 0 Å². The lowest BCUT2D eigenvalue weighted by molar-refractivity contribution is -0.142. The molecule has 0 aliphatic carbocycles. The smallest absolute Gasteiger partial charge is 0.330 e. The Morgan fingerprint density at radius 1 is 1.14 bits per heavy atom. The lowest BCUT2D eigenvalue weighted by Gasteiger charge is -2.14. The summed E-state index contributed by atoms with van der Waals surface area (Å²) in [4.78, 5) is 28.3. The number of amides is 1. The first kappa shape index (κ1) is 19.6. The van der Waals surface area contributed by atoms with Crippen molar-refractivity contribution in [1.82, 2.24) is 10.3 Å². The largest absolute Gasteiger partial charge is 0.494 e. The Hall–Kier alpha value is -3.19. The molecule has 1 unspecified atom stereocenters. The lowest BCUT2D eigenvalue weighted by atomic mass is 10.1. The Morgan fingerprint density at radius 2 is 1.86 bits per heavy atom. The molecule has 1 amide bonds. The Morgan fingerprint density at radius 3 is 2.50 bits per heavy atom. The van der Waals surface area contributed by atoms with Crippen LogP contribution in [0.3, 0.4) is 0 Å². The summed E-state index contributed by atoms with van der Waals surface area (Å²) in [5.74, 6) is -0.698. The number of thiazole rings is 1. The molecule has 0 saturated heterocycles. The molecular formula is C21H20N2O4S. The summed E-state index contributed by atoms with van der Waals surface area (Å²) in [6.07, 6.45) is 0.0180. The van der Waals surface area contributed by atoms with Gasteiger partial charge in [-0.25, -0.2) is 9.78 Å². The Bertz CT molecular complexity index is 939. The highest BCUT2D eigenvalue weighted by atomic mass is 32.1. The van der Waals surface area contributed by atoms with Crippen LogP contribution in [-0.4, -0.2) is 28.6 Å². The molecule has 0 bridgehead atoms. The number of hydrogen-bond acceptors (Lipinski definition) is 5. The monoisotopic (exact) mass is 396 g/mol. The van der Waals surface area contributed by atoms with E-state index in [9.17, 15) is 14.7 Å². The van der Waals surface area contributed by atoms with Crippen molar-refractivity contribution in [1.29, 1.82) is 0 Å². The zero-order valence-electron chi connectivity index (χ0n) is 15.3. The molecule has 1 heterocycles. The zero-order chi connectivity index (χ0) is 19.9. The van der Waals surface area contributed by atoms with Crippen LogP contribution in [0.25, 0.3) is 10.6 Å². The van der Waals surface area contributed by atoms with E-state index < -0.39 is 12.0 Å². The second-order valence-electron chi connectivity index (χ2n) is 6.03. The fourth-order valence-corrected chi connectivity index (χ4v) is 3.52. The molecule has 2 N–H and O–H groups in total. The van der Waals surface area contributed by atoms with Crippen molar-refractivity contribution < 1.29 is 19.4 Å². The Labute approximate surface area is 166 Å². The number of ether oxygens (including phenoxy) is 1. The van der Waals surface area contributed by atoms with Gasteiger partial charge >= 0.3 is 5.97 Å². The topological polar surface area (TPSA) is 88.5 Å². The quantitative estimate of drug-likeness (QED) is 0.606. The molecule has 2 aromatic carbocycles. The summed E-state index contributed by atoms with van der Waals surface area (Å²) in [6, 6.07) is 15.1. The summed E-state index contributed by atoms with van der Waals surface area (Å²) in [5, 5.41) is 14.6. The minimum absolute atomic E-state index is 0.0180. The minimum Gasteiger partial charge on any atom is -0.494 e. The van der Waals surface area contributed by atoms with Crippen LogP contribution in [0.2, 0.25) is 0 Å². The maximum absolute atomic E-state index is 12.3. The van der Waals surface area contributed by atoms with Gasteiger partial charge < -0.3 is 15.2 Å². The number of nitrogens with one attached hydrogen (secondary N) is 1. The zero-order valence-corrected chi connectivity index (χ0v) is 16.1. The maximum atomic E-state index is 12.3. The van der Waals surface area contributed by atoms with Crippen LogP contribution >= 0.6 is 11.3 Å². The molecule has 28 heavy (non-hydrogen) atoms. The van der Waals surface area contributed by atoms with E-state index in [2.05, 4.69) is 10.3 Å². The van der Waals surface area contributed by atoms with E-state index in [1.165, 1.54) is 11.3 Å². The number of rotatable bonds is 8. The van der Waals surface area contributed by atoms with Crippen LogP contribution in [0.1, 0.15) is 24.2 Å². The maximum Gasteiger partial charge on any atom is 0.330 e. The van der Waals surface area contributed by atoms with Gasteiger partial charge in [-0.3, -0.25) is 4.79 Å². The third-order valence-electron chi connectivity index (χ3n) is 3.99. The van der Waals surface area contributed by atoms with Gasteiger partial charge in [-0.2, -0.15) is 0 Å². The predicted octanol–water partition coefficient (Wildman–Crippen LogP) is 3.69. The first-order valence-corrected chi connectivity index (χ1v) is 9.69. The molecule has 0 aliphatic rings. The molecule has 0 spiro atoms. The predicted molar refractivity (Wildman–Crippen MR) is 107 cm³/mol. The van der Waals surface area contributed by atoms with Crippen molar-refractivity contribution in [2.45, 2.75) is 19.4 Å². The molecule has 1 atom stereocenters. The van der Waals surface area contributed by atoms with Gasteiger partial charge in [0.05, 0.1) is 18.7 Å². The summed E-state index contributed by atoms with van der Waals surface area (Å²) < 4.78 is 5.43. The van der Waals surface area contributed by atoms with Gasteiger partial charge in [0.2, 0.25) is 5.91 Å². The third kappa shape index (κ3) is 4.95. The highest BCUT2D eigenvalue weighted by Gasteiger charge is 2.22. The molecule has 0 aliphatic heterocycles. The van der Waals surface area contributed by atoms with Gasteiger partial charge in [-0.15, -0.1) is 11.3 Å². The van der Waals surface area contributed by atoms with Crippen molar-refractivity contribution in [2.75, 3.05) is 6.61 Å². The van der Waals surface area contributed by atoms with E-state index in [1.807, 2.05) is 36.6 Å². The van der Waals surface area contributed by atoms with Crippen LogP contribution in [-0.2, 0) is 16.0 Å². The molecule has 144 valence electrons. The van der Waals surface area contributed by atoms with E-state index in [-0.39, 0.29) is 12.3 Å². The van der Waals surface area contributed by atoms with Crippen LogP contribution in [0.15, 0.2) is 60.0 Å². The molecule has 0 fully saturated rings. The van der Waals surface area contributed by atoms with Gasteiger partial charge in [-0.1, -0.05) is 30.3 Å². The van der Waals surface area contributed by atoms with Crippen LogP contribution < -0.4 is 10.1 Å². The Kier molecular flexibility index (Phi) is 6.39. The number of carbonyl (C=O) groups excluding carboxylic acids is 1. The van der Waals surface area contributed by atoms with Gasteiger partial charge in [-0.05, 0) is 36.8 Å². The van der Waals surface area contributed by atoms with Crippen molar-refractivity contribution in [3.8, 4) is 16.3 Å². The Balaban J connectivity index is 1.65. The van der Waals surface area contributed by atoms with Crippen molar-refractivity contribution in [2.24, 2.45) is 0 Å². The standard InChI is InChI=1S/C21H20N2O4S/c1-2-27-17-10-8-15(9-11-17)20-22-16(13-28-20)12-18(24)23-19(21(25)26)14-6-4-3-5-7-14/h3-11,13,19H,2,12H2,1H3,(H,23,24)(H,25,26). The normalized spacial score (nSPS) is 11.6. The molecule has 6 nitrogen and oxygen atoms in total. The SMILES string of the molecule is CCOc1ccc(-c2nc(CC(=O)NC(C(=O)O)c3ccccc3)cs2)cc1. The van der Waals surface area contributed by atoms with E-state index in [0.717, 1.165) is 16.3 Å². The number of hydrogen-bond donors (Lipinski definition) is 2. The third-order valence-corrected chi connectivity index (χ3v) is 4.93. The molecule has 3 rings (SSSR count). The van der Waals surface area contributed by atoms with Crippen molar-refractivity contribution in [3.05, 3.63) is 71.2 Å². The first-order chi connectivity index (χ1) is 13.6. The average Bonchev–Trinajstić information content (AvgIpc) is 3.16. The number of aliphatic carboxylic acids is 1. The van der Waals surface area contributed by atoms with Crippen LogP contribution in [0.4, 0.5) is 0 Å². The van der Waals surface area contributed by atoms with E-state index >= 15 is 0 Å². The fourth-order valence-electron chi connectivity index (χ4n) is 2.69. The summed E-state index contributed by atoms with van der Waals surface area (Å²) in [5.41, 5.74) is 2.06. The van der Waals surface area contributed by atoms with E-state index in [0.29, 0.717) is 17.9 Å². The number of benzene rings is 2. The molecule has 3 aromatic rings. The summed E-state index contributed by atoms with van der Waals surface area (Å²) in [7, 11) is 0. The van der Waals surface area contributed by atoms with Crippen molar-refractivity contribution >= 4 is 23.2 Å². The highest BCUT2D eigenvalue weighted by molar-refractivity contribution is 7.13. The number of carbonyl (C=O) groups is 2. The highest BCUT2D eigenvalue weighted by Crippen LogP contribution is 2.26. The molecule has 0 radical (unpaired) electrons. The van der Waals surface area contributed by atoms with Crippen LogP contribution in [0.5, 0.6) is 5.75 Å². The first-order valence-electron chi connectivity index (χ1n) is 8.81. The second kappa shape index (κ2) is 9.14. The number of nitrogens with zero attached hydrogens (tertiary/aromatic N) is 1.